The molecule has 106 valence electrons. The van der Waals surface area contributed by atoms with Crippen LogP contribution in [0.25, 0.3) is 0 Å². The average Bonchev–Trinajstić information content (AvgIpc) is 2.86. The summed E-state index contributed by atoms with van der Waals surface area (Å²) in [7, 11) is 1.49. The lowest BCUT2D eigenvalue weighted by molar-refractivity contribution is -0.147. The molecule has 2 amide bonds. The topological polar surface area (TPSA) is 74.0 Å². The summed E-state index contributed by atoms with van der Waals surface area (Å²) in [6, 6.07) is 3.18. The van der Waals surface area contributed by atoms with E-state index < -0.39 is 11.5 Å². The van der Waals surface area contributed by atoms with Gasteiger partial charge in [0.2, 0.25) is 0 Å². The summed E-state index contributed by atoms with van der Waals surface area (Å²) >= 11 is 0. The molecule has 6 nitrogen and oxygen atoms in total. The van der Waals surface area contributed by atoms with Crippen LogP contribution in [-0.2, 0) is 11.3 Å². The summed E-state index contributed by atoms with van der Waals surface area (Å²) < 4.78 is 5.20. The van der Waals surface area contributed by atoms with E-state index in [-0.39, 0.29) is 6.03 Å². The number of nitrogens with zero attached hydrogens (tertiary/aromatic N) is 2. The Kier molecular flexibility index (Phi) is 4.58. The Balaban J connectivity index is 2.81. The number of carbonyl (C=O) groups excluding carboxylic acids is 1. The van der Waals surface area contributed by atoms with Gasteiger partial charge in [-0.1, -0.05) is 0 Å². The number of rotatable bonds is 5. The second-order valence-electron chi connectivity index (χ2n) is 4.80. The van der Waals surface area contributed by atoms with Crippen LogP contribution in [0.2, 0.25) is 0 Å². The Morgan fingerprint density at radius 3 is 2.47 bits per heavy atom. The maximum Gasteiger partial charge on any atom is 0.329 e. The van der Waals surface area contributed by atoms with Gasteiger partial charge in [0.05, 0.1) is 12.8 Å². The van der Waals surface area contributed by atoms with Gasteiger partial charge in [-0.3, -0.25) is 0 Å². The molecule has 0 aliphatic rings. The van der Waals surface area contributed by atoms with Crippen LogP contribution in [0.15, 0.2) is 22.8 Å². The average molecular weight is 268 g/mol. The van der Waals surface area contributed by atoms with Crippen molar-refractivity contribution in [3.63, 3.8) is 0 Å². The fourth-order valence-electron chi connectivity index (χ4n) is 1.50. The van der Waals surface area contributed by atoms with Gasteiger partial charge >= 0.3 is 12.0 Å². The lowest BCUT2D eigenvalue weighted by Gasteiger charge is -2.35. The maximum atomic E-state index is 12.3. The van der Waals surface area contributed by atoms with E-state index in [1.807, 2.05) is 6.92 Å². The summed E-state index contributed by atoms with van der Waals surface area (Å²) in [5.41, 5.74) is -1.26. The first kappa shape index (κ1) is 15.1. The normalized spacial score (nSPS) is 11.2. The molecule has 0 spiro atoms. The number of furan rings is 1. The Morgan fingerprint density at radius 1 is 1.42 bits per heavy atom. The molecule has 0 aromatic carbocycles. The van der Waals surface area contributed by atoms with Crippen molar-refractivity contribution in [3.8, 4) is 0 Å². The minimum atomic E-state index is -1.26. The van der Waals surface area contributed by atoms with Crippen LogP contribution in [0.1, 0.15) is 26.5 Å². The zero-order valence-electron chi connectivity index (χ0n) is 11.7. The number of urea groups is 1. The molecule has 1 aromatic heterocycles. The van der Waals surface area contributed by atoms with Gasteiger partial charge in [-0.05, 0) is 32.9 Å². The standard InChI is InChI=1S/C13H20N2O4/c1-5-15(9-10-7-6-8-19-10)12(18)14(4)13(2,3)11(16)17/h6-8H,5,9H2,1-4H3,(H,16,17). The van der Waals surface area contributed by atoms with Gasteiger partial charge in [0.25, 0.3) is 0 Å². The van der Waals surface area contributed by atoms with E-state index in [1.54, 1.807) is 18.4 Å². The van der Waals surface area contributed by atoms with Crippen LogP contribution in [0.3, 0.4) is 0 Å². The minimum absolute atomic E-state index is 0.322. The van der Waals surface area contributed by atoms with Crippen molar-refractivity contribution in [2.45, 2.75) is 32.9 Å². The monoisotopic (exact) mass is 268 g/mol. The highest BCUT2D eigenvalue weighted by Crippen LogP contribution is 2.16. The van der Waals surface area contributed by atoms with Crippen molar-refractivity contribution in [2.24, 2.45) is 0 Å². The highest BCUT2D eigenvalue weighted by Gasteiger charge is 2.36. The molecule has 0 atom stereocenters. The highest BCUT2D eigenvalue weighted by molar-refractivity contribution is 5.85. The zero-order chi connectivity index (χ0) is 14.6. The van der Waals surface area contributed by atoms with Crippen molar-refractivity contribution in [1.82, 2.24) is 9.80 Å². The number of likely N-dealkylation sites (N-methyl/N-ethyl adjacent to an activating group) is 1. The molecule has 0 saturated heterocycles. The van der Waals surface area contributed by atoms with Gasteiger partial charge in [-0.15, -0.1) is 0 Å². The molecule has 0 aliphatic carbocycles. The second kappa shape index (κ2) is 5.77. The summed E-state index contributed by atoms with van der Waals surface area (Å²) in [5, 5.41) is 9.14. The molecule has 0 bridgehead atoms. The van der Waals surface area contributed by atoms with Crippen LogP contribution in [0, 0.1) is 0 Å². The summed E-state index contributed by atoms with van der Waals surface area (Å²) in [6.45, 7) is 5.62. The number of aliphatic carboxylic acids is 1. The molecule has 0 radical (unpaired) electrons. The second-order valence-corrected chi connectivity index (χ2v) is 4.80. The van der Waals surface area contributed by atoms with Crippen LogP contribution < -0.4 is 0 Å². The van der Waals surface area contributed by atoms with Crippen LogP contribution >= 0.6 is 0 Å². The first-order valence-corrected chi connectivity index (χ1v) is 6.09. The molecule has 1 aromatic rings. The first-order valence-electron chi connectivity index (χ1n) is 6.09. The Morgan fingerprint density at radius 2 is 2.05 bits per heavy atom. The fourth-order valence-corrected chi connectivity index (χ4v) is 1.50. The Bertz CT molecular complexity index is 440. The van der Waals surface area contributed by atoms with E-state index in [2.05, 4.69) is 0 Å². The van der Waals surface area contributed by atoms with E-state index in [0.717, 1.165) is 0 Å². The number of carbonyl (C=O) groups is 2. The highest BCUT2D eigenvalue weighted by atomic mass is 16.4. The van der Waals surface area contributed by atoms with Gasteiger partial charge in [0.15, 0.2) is 0 Å². The molecule has 0 saturated carbocycles. The molecule has 0 unspecified atom stereocenters. The smallest absolute Gasteiger partial charge is 0.329 e. The van der Waals surface area contributed by atoms with Crippen molar-refractivity contribution < 1.29 is 19.1 Å². The van der Waals surface area contributed by atoms with E-state index >= 15 is 0 Å². The predicted molar refractivity (Wildman–Crippen MR) is 69.7 cm³/mol. The molecule has 19 heavy (non-hydrogen) atoms. The van der Waals surface area contributed by atoms with Crippen molar-refractivity contribution >= 4 is 12.0 Å². The summed E-state index contributed by atoms with van der Waals surface area (Å²) in [4.78, 5) is 26.2. The van der Waals surface area contributed by atoms with Crippen LogP contribution in [0.5, 0.6) is 0 Å². The number of hydrogen-bond donors (Lipinski definition) is 1. The molecule has 1 rings (SSSR count). The quantitative estimate of drug-likeness (QED) is 0.886. The number of hydrogen-bond acceptors (Lipinski definition) is 3. The SMILES string of the molecule is CCN(Cc1ccco1)C(=O)N(C)C(C)(C)C(=O)O. The van der Waals surface area contributed by atoms with E-state index in [4.69, 9.17) is 9.52 Å². The summed E-state index contributed by atoms with van der Waals surface area (Å²) in [5.74, 6) is -0.380. The van der Waals surface area contributed by atoms with E-state index in [0.29, 0.717) is 18.8 Å². The van der Waals surface area contributed by atoms with Crippen LogP contribution in [-0.4, -0.2) is 46.0 Å². The van der Waals surface area contributed by atoms with E-state index in [1.165, 1.54) is 30.7 Å². The van der Waals surface area contributed by atoms with Crippen LogP contribution in [0.4, 0.5) is 4.79 Å². The Labute approximate surface area is 112 Å². The minimum Gasteiger partial charge on any atom is -0.480 e. The van der Waals surface area contributed by atoms with Gasteiger partial charge < -0.3 is 19.3 Å². The van der Waals surface area contributed by atoms with Gasteiger partial charge in [0, 0.05) is 13.6 Å². The fraction of sp³-hybridized carbons (Fsp3) is 0.538. The third-order valence-corrected chi connectivity index (χ3v) is 3.23. The van der Waals surface area contributed by atoms with Crippen molar-refractivity contribution in [3.05, 3.63) is 24.2 Å². The number of carboxylic acids is 1. The van der Waals surface area contributed by atoms with Crippen molar-refractivity contribution in [1.29, 1.82) is 0 Å². The third kappa shape index (κ3) is 3.27. The molecule has 1 N–H and O–H groups in total. The molecule has 1 heterocycles. The largest absolute Gasteiger partial charge is 0.480 e. The maximum absolute atomic E-state index is 12.3. The predicted octanol–water partition coefficient (Wildman–Crippen LogP) is 2.02. The number of carboxylic acid groups (broad SMARTS) is 1. The lowest BCUT2D eigenvalue weighted by atomic mass is 10.0. The third-order valence-electron chi connectivity index (χ3n) is 3.23. The zero-order valence-corrected chi connectivity index (χ0v) is 11.7. The molecule has 0 fully saturated rings. The van der Waals surface area contributed by atoms with Gasteiger partial charge in [0.1, 0.15) is 11.3 Å². The molecular weight excluding hydrogens is 248 g/mol. The first-order chi connectivity index (χ1) is 8.80. The number of amides is 2. The molecule has 0 aliphatic heterocycles. The summed E-state index contributed by atoms with van der Waals surface area (Å²) in [6.07, 6.45) is 1.54. The molecule has 6 heteroatoms. The molecular formula is C13H20N2O4. The van der Waals surface area contributed by atoms with E-state index in [9.17, 15) is 9.59 Å². The van der Waals surface area contributed by atoms with Gasteiger partial charge in [-0.25, -0.2) is 9.59 Å². The lowest BCUT2D eigenvalue weighted by Crippen LogP contribution is -2.54. The van der Waals surface area contributed by atoms with Crippen molar-refractivity contribution in [2.75, 3.05) is 13.6 Å². The Hall–Kier alpha value is -1.98. The van der Waals surface area contributed by atoms with Gasteiger partial charge in [-0.2, -0.15) is 0 Å².